The first-order chi connectivity index (χ1) is 12.5. The van der Waals surface area contributed by atoms with E-state index in [2.05, 4.69) is 31.3 Å². The first-order valence-electron chi connectivity index (χ1n) is 8.16. The molecular weight excluding hydrogens is 403 g/mol. The average Bonchev–Trinajstić information content (AvgIpc) is 3.01. The maximum atomic E-state index is 13.5. The molecule has 0 unspecified atom stereocenters. The van der Waals surface area contributed by atoms with Crippen molar-refractivity contribution in [2.24, 2.45) is 12.0 Å². The second kappa shape index (κ2) is 7.86. The highest BCUT2D eigenvalue weighted by atomic mass is 79.9. The number of aliphatic imine (C=N–C) groups is 1. The van der Waals surface area contributed by atoms with Gasteiger partial charge in [0.05, 0.1) is 11.9 Å². The summed E-state index contributed by atoms with van der Waals surface area (Å²) in [5.41, 5.74) is 1.59. The summed E-state index contributed by atoms with van der Waals surface area (Å²) < 4.78 is 15.8. The molecule has 1 N–H and O–H groups in total. The third kappa shape index (κ3) is 4.21. The molecule has 1 fully saturated rings. The van der Waals surface area contributed by atoms with Crippen LogP contribution in [0.15, 0.2) is 40.1 Å². The molecule has 1 saturated heterocycles. The van der Waals surface area contributed by atoms with Crippen molar-refractivity contribution in [3.8, 4) is 0 Å². The lowest BCUT2D eigenvalue weighted by molar-refractivity contribution is -0.120. The number of carbonyl (C=O) groups excluding carboxylic acids is 1. The molecule has 0 radical (unpaired) electrons. The zero-order chi connectivity index (χ0) is 18.7. The minimum Gasteiger partial charge on any atom is -0.352 e. The van der Waals surface area contributed by atoms with Crippen molar-refractivity contribution >= 4 is 33.5 Å². The quantitative estimate of drug-likeness (QED) is 0.604. The average molecular weight is 423 g/mol. The van der Waals surface area contributed by atoms with E-state index in [4.69, 9.17) is 0 Å². The molecule has 26 heavy (non-hydrogen) atoms. The van der Waals surface area contributed by atoms with E-state index < -0.39 is 0 Å². The third-order valence-corrected chi connectivity index (χ3v) is 4.57. The van der Waals surface area contributed by atoms with E-state index in [1.807, 2.05) is 24.2 Å². The SMILES string of the molecule is CN=C(NCc1cc(F)cc(Br)c1)N1CCN(c2cnn(C)c2)C(=O)C1. The fourth-order valence-electron chi connectivity index (χ4n) is 2.90. The first-order valence-corrected chi connectivity index (χ1v) is 8.95. The van der Waals surface area contributed by atoms with Gasteiger partial charge in [-0.25, -0.2) is 4.39 Å². The molecule has 1 aromatic carbocycles. The van der Waals surface area contributed by atoms with Gasteiger partial charge in [-0.1, -0.05) is 15.9 Å². The van der Waals surface area contributed by atoms with E-state index in [1.54, 1.807) is 22.8 Å². The van der Waals surface area contributed by atoms with Crippen molar-refractivity contribution in [3.05, 3.63) is 46.4 Å². The predicted octanol–water partition coefficient (Wildman–Crippen LogP) is 1.75. The molecule has 0 atom stereocenters. The number of rotatable bonds is 3. The number of anilines is 1. The van der Waals surface area contributed by atoms with Crippen LogP contribution in [0.25, 0.3) is 0 Å². The van der Waals surface area contributed by atoms with Gasteiger partial charge in [0.15, 0.2) is 5.96 Å². The summed E-state index contributed by atoms with van der Waals surface area (Å²) in [5.74, 6) is 0.302. The Morgan fingerprint density at radius 3 is 2.81 bits per heavy atom. The molecule has 9 heteroatoms. The number of benzene rings is 1. The molecule has 0 aliphatic carbocycles. The van der Waals surface area contributed by atoms with Gasteiger partial charge in [-0.15, -0.1) is 0 Å². The molecule has 1 aromatic heterocycles. The lowest BCUT2D eigenvalue weighted by atomic mass is 10.2. The van der Waals surface area contributed by atoms with E-state index >= 15 is 0 Å². The number of nitrogens with zero attached hydrogens (tertiary/aromatic N) is 5. The number of carbonyl (C=O) groups is 1. The van der Waals surface area contributed by atoms with E-state index in [0.29, 0.717) is 30.1 Å². The van der Waals surface area contributed by atoms with Crippen LogP contribution in [-0.2, 0) is 18.4 Å². The summed E-state index contributed by atoms with van der Waals surface area (Å²) in [7, 11) is 3.49. The second-order valence-electron chi connectivity index (χ2n) is 6.02. The Kier molecular flexibility index (Phi) is 5.55. The van der Waals surface area contributed by atoms with Crippen molar-refractivity contribution in [1.82, 2.24) is 20.0 Å². The van der Waals surface area contributed by atoms with Gasteiger partial charge in [0.25, 0.3) is 0 Å². The van der Waals surface area contributed by atoms with Crippen LogP contribution in [0.5, 0.6) is 0 Å². The molecule has 1 amide bonds. The summed E-state index contributed by atoms with van der Waals surface area (Å²) in [4.78, 5) is 20.4. The van der Waals surface area contributed by atoms with Crippen LogP contribution < -0.4 is 10.2 Å². The number of aromatic nitrogens is 2. The predicted molar refractivity (Wildman–Crippen MR) is 101 cm³/mol. The Labute approximate surface area is 159 Å². The highest BCUT2D eigenvalue weighted by Gasteiger charge is 2.27. The van der Waals surface area contributed by atoms with Gasteiger partial charge in [-0.05, 0) is 23.8 Å². The van der Waals surface area contributed by atoms with Crippen molar-refractivity contribution in [3.63, 3.8) is 0 Å². The van der Waals surface area contributed by atoms with Crippen molar-refractivity contribution < 1.29 is 9.18 Å². The molecular formula is C17H20BrFN6O. The number of piperazine rings is 1. The van der Waals surface area contributed by atoms with Crippen LogP contribution in [0.1, 0.15) is 5.56 Å². The number of hydrogen-bond donors (Lipinski definition) is 1. The molecule has 2 aromatic rings. The maximum absolute atomic E-state index is 13.5. The first kappa shape index (κ1) is 18.4. The van der Waals surface area contributed by atoms with Crippen LogP contribution in [0.3, 0.4) is 0 Å². The number of aryl methyl sites for hydroxylation is 1. The fourth-order valence-corrected chi connectivity index (χ4v) is 3.41. The van der Waals surface area contributed by atoms with Crippen LogP contribution in [0.4, 0.5) is 10.1 Å². The zero-order valence-corrected chi connectivity index (χ0v) is 16.2. The van der Waals surface area contributed by atoms with Gasteiger partial charge in [-0.3, -0.25) is 14.5 Å². The third-order valence-electron chi connectivity index (χ3n) is 4.11. The Morgan fingerprint density at radius 1 is 1.38 bits per heavy atom. The van der Waals surface area contributed by atoms with E-state index in [-0.39, 0.29) is 18.3 Å². The highest BCUT2D eigenvalue weighted by molar-refractivity contribution is 9.10. The van der Waals surface area contributed by atoms with Crippen LogP contribution in [0, 0.1) is 5.82 Å². The molecule has 3 rings (SSSR count). The number of guanidine groups is 1. The highest BCUT2D eigenvalue weighted by Crippen LogP contribution is 2.17. The number of nitrogens with one attached hydrogen (secondary N) is 1. The maximum Gasteiger partial charge on any atom is 0.246 e. The monoisotopic (exact) mass is 422 g/mol. The molecule has 138 valence electrons. The van der Waals surface area contributed by atoms with Gasteiger partial charge in [0, 0.05) is 44.4 Å². The van der Waals surface area contributed by atoms with E-state index in [1.165, 1.54) is 12.1 Å². The van der Waals surface area contributed by atoms with E-state index in [0.717, 1.165) is 11.3 Å². The summed E-state index contributed by atoms with van der Waals surface area (Å²) in [6.07, 6.45) is 3.50. The van der Waals surface area contributed by atoms with Gasteiger partial charge in [0.2, 0.25) is 5.91 Å². The molecule has 0 bridgehead atoms. The standard InChI is InChI=1S/C17H20BrFN6O/c1-20-17(21-8-12-5-13(18)7-14(19)6-12)24-3-4-25(16(26)11-24)15-9-22-23(2)10-15/h5-7,9-10H,3-4,8,11H2,1-2H3,(H,20,21). The smallest absolute Gasteiger partial charge is 0.246 e. The van der Waals surface area contributed by atoms with Crippen LogP contribution in [0.2, 0.25) is 0 Å². The van der Waals surface area contributed by atoms with Crippen LogP contribution >= 0.6 is 15.9 Å². The number of halogens is 2. The Morgan fingerprint density at radius 2 is 2.19 bits per heavy atom. The van der Waals surface area contributed by atoms with Crippen molar-refractivity contribution in [2.75, 3.05) is 31.6 Å². The van der Waals surface area contributed by atoms with Gasteiger partial charge in [0.1, 0.15) is 12.4 Å². The largest absolute Gasteiger partial charge is 0.352 e. The number of amides is 1. The van der Waals surface area contributed by atoms with Gasteiger partial charge >= 0.3 is 0 Å². The Hall–Kier alpha value is -2.42. The zero-order valence-electron chi connectivity index (χ0n) is 14.6. The lowest BCUT2D eigenvalue weighted by Gasteiger charge is -2.35. The molecule has 0 saturated carbocycles. The summed E-state index contributed by atoms with van der Waals surface area (Å²) >= 11 is 3.29. The molecule has 2 heterocycles. The molecule has 0 spiro atoms. The summed E-state index contributed by atoms with van der Waals surface area (Å²) in [5, 5.41) is 7.30. The Bertz CT molecular complexity index is 816. The fraction of sp³-hybridized carbons (Fsp3) is 0.353. The summed E-state index contributed by atoms with van der Waals surface area (Å²) in [6, 6.07) is 4.72. The molecule has 1 aliphatic heterocycles. The minimum atomic E-state index is -0.300. The van der Waals surface area contributed by atoms with E-state index in [9.17, 15) is 9.18 Å². The second-order valence-corrected chi connectivity index (χ2v) is 6.93. The van der Waals surface area contributed by atoms with Crippen molar-refractivity contribution in [1.29, 1.82) is 0 Å². The van der Waals surface area contributed by atoms with Gasteiger partial charge in [-0.2, -0.15) is 5.10 Å². The van der Waals surface area contributed by atoms with Gasteiger partial charge < -0.3 is 15.1 Å². The molecule has 1 aliphatic rings. The van der Waals surface area contributed by atoms with Crippen molar-refractivity contribution in [2.45, 2.75) is 6.54 Å². The number of hydrogen-bond acceptors (Lipinski definition) is 3. The van der Waals surface area contributed by atoms with Crippen LogP contribution in [-0.4, -0.2) is 53.2 Å². The topological polar surface area (TPSA) is 65.8 Å². The Balaban J connectivity index is 1.62. The minimum absolute atomic E-state index is 0.0132. The summed E-state index contributed by atoms with van der Waals surface area (Å²) in [6.45, 7) is 1.84. The normalized spacial score (nSPS) is 15.5. The molecule has 7 nitrogen and oxygen atoms in total. The lowest BCUT2D eigenvalue weighted by Crippen LogP contribution is -2.55.